The van der Waals surface area contributed by atoms with Crippen LogP contribution < -0.4 is 15.0 Å². The zero-order chi connectivity index (χ0) is 15.2. The first-order valence-electron chi connectivity index (χ1n) is 7.97. The molecule has 1 aliphatic rings. The normalized spacial score (nSPS) is 20.4. The lowest BCUT2D eigenvalue weighted by Crippen LogP contribution is -2.38. The maximum atomic E-state index is 9.46. The second-order valence-corrected chi connectivity index (χ2v) is 5.81. The first-order chi connectivity index (χ1) is 10.2. The number of methoxy groups -OCH3 is 1. The lowest BCUT2D eigenvalue weighted by atomic mass is 9.96. The second kappa shape index (κ2) is 7.66. The van der Waals surface area contributed by atoms with Gasteiger partial charge in [-0.1, -0.05) is 13.0 Å². The van der Waals surface area contributed by atoms with E-state index in [1.165, 1.54) is 11.3 Å². The average Bonchev–Trinajstić information content (AvgIpc) is 2.54. The predicted octanol–water partition coefficient (Wildman–Crippen LogP) is 2.57. The molecule has 2 N–H and O–H groups in total. The van der Waals surface area contributed by atoms with Crippen molar-refractivity contribution in [3.63, 3.8) is 0 Å². The third-order valence-corrected chi connectivity index (χ3v) is 4.32. The summed E-state index contributed by atoms with van der Waals surface area (Å²) in [5.41, 5.74) is 2.46. The van der Waals surface area contributed by atoms with Crippen molar-refractivity contribution in [2.75, 3.05) is 38.3 Å². The summed E-state index contributed by atoms with van der Waals surface area (Å²) in [5.74, 6) is 1.32. The van der Waals surface area contributed by atoms with Gasteiger partial charge in [0.2, 0.25) is 0 Å². The molecule has 4 heteroatoms. The number of ether oxygens (including phenoxy) is 1. The molecule has 1 fully saturated rings. The van der Waals surface area contributed by atoms with Crippen molar-refractivity contribution < 1.29 is 9.84 Å². The molecule has 118 valence electrons. The summed E-state index contributed by atoms with van der Waals surface area (Å²) in [6.07, 6.45) is 2.26. The summed E-state index contributed by atoms with van der Waals surface area (Å²) in [7, 11) is 1.73. The summed E-state index contributed by atoms with van der Waals surface area (Å²) >= 11 is 0. The first kappa shape index (κ1) is 16.1. The van der Waals surface area contributed by atoms with E-state index >= 15 is 0 Å². The van der Waals surface area contributed by atoms with Crippen LogP contribution in [0.3, 0.4) is 0 Å². The number of hydrogen-bond acceptors (Lipinski definition) is 4. The van der Waals surface area contributed by atoms with Gasteiger partial charge < -0.3 is 20.1 Å². The molecule has 0 bridgehead atoms. The number of nitrogens with one attached hydrogen (secondary N) is 1. The number of benzene rings is 1. The number of rotatable bonds is 6. The number of hydrogen-bond donors (Lipinski definition) is 2. The van der Waals surface area contributed by atoms with E-state index in [1.807, 2.05) is 6.07 Å². The van der Waals surface area contributed by atoms with Gasteiger partial charge in [-0.25, -0.2) is 0 Å². The molecule has 0 saturated carbocycles. The minimum absolute atomic E-state index is 0.246. The lowest BCUT2D eigenvalue weighted by molar-refractivity contribution is 0.208. The van der Waals surface area contributed by atoms with Crippen LogP contribution in [0.4, 0.5) is 5.69 Å². The molecule has 2 atom stereocenters. The molecular weight excluding hydrogens is 264 g/mol. The molecule has 0 spiro atoms. The Labute approximate surface area is 128 Å². The van der Waals surface area contributed by atoms with E-state index in [2.05, 4.69) is 36.2 Å². The van der Waals surface area contributed by atoms with Crippen LogP contribution >= 0.6 is 0 Å². The molecule has 1 aromatic carbocycles. The standard InChI is InChI=1S/C17H28N2O2/c1-4-18-13(2)17-15(8-5-9-16(17)21-3)19-10-6-7-14(11-19)12-20/h5,8-9,13-14,18,20H,4,6-7,10-12H2,1-3H3. The van der Waals surface area contributed by atoms with E-state index < -0.39 is 0 Å². The van der Waals surface area contributed by atoms with Crippen molar-refractivity contribution in [3.8, 4) is 5.75 Å². The van der Waals surface area contributed by atoms with Crippen LogP contribution in [0.25, 0.3) is 0 Å². The molecule has 0 amide bonds. The van der Waals surface area contributed by atoms with Crippen LogP contribution in [-0.4, -0.2) is 38.5 Å². The van der Waals surface area contributed by atoms with E-state index in [4.69, 9.17) is 4.74 Å². The Morgan fingerprint density at radius 1 is 1.48 bits per heavy atom. The summed E-state index contributed by atoms with van der Waals surface area (Å²) in [6, 6.07) is 6.50. The van der Waals surface area contributed by atoms with E-state index in [0.29, 0.717) is 5.92 Å². The van der Waals surface area contributed by atoms with Crippen LogP contribution in [0.2, 0.25) is 0 Å². The highest BCUT2D eigenvalue weighted by Crippen LogP contribution is 2.36. The largest absolute Gasteiger partial charge is 0.496 e. The van der Waals surface area contributed by atoms with E-state index in [0.717, 1.165) is 38.2 Å². The van der Waals surface area contributed by atoms with E-state index in [-0.39, 0.29) is 12.6 Å². The molecule has 21 heavy (non-hydrogen) atoms. The van der Waals surface area contributed by atoms with E-state index in [9.17, 15) is 5.11 Å². The Kier molecular flexibility index (Phi) is 5.88. The van der Waals surface area contributed by atoms with Crippen LogP contribution in [-0.2, 0) is 0 Å². The topological polar surface area (TPSA) is 44.7 Å². The highest BCUT2D eigenvalue weighted by Gasteiger charge is 2.24. The summed E-state index contributed by atoms with van der Waals surface area (Å²) in [4.78, 5) is 2.40. The maximum absolute atomic E-state index is 9.46. The molecule has 0 aliphatic carbocycles. The van der Waals surface area contributed by atoms with Crippen molar-refractivity contribution in [2.45, 2.75) is 32.7 Å². The van der Waals surface area contributed by atoms with Crippen molar-refractivity contribution in [1.82, 2.24) is 5.32 Å². The van der Waals surface area contributed by atoms with Gasteiger partial charge in [0.1, 0.15) is 5.75 Å². The smallest absolute Gasteiger partial charge is 0.125 e. The number of nitrogens with zero attached hydrogens (tertiary/aromatic N) is 1. The maximum Gasteiger partial charge on any atom is 0.125 e. The fourth-order valence-electron chi connectivity index (χ4n) is 3.26. The molecule has 4 nitrogen and oxygen atoms in total. The van der Waals surface area contributed by atoms with Gasteiger partial charge in [0.15, 0.2) is 0 Å². The number of anilines is 1. The van der Waals surface area contributed by atoms with Crippen molar-refractivity contribution >= 4 is 5.69 Å². The Morgan fingerprint density at radius 3 is 2.95 bits per heavy atom. The SMILES string of the molecule is CCNC(C)c1c(OC)cccc1N1CCCC(CO)C1. The van der Waals surface area contributed by atoms with Crippen LogP contribution in [0.15, 0.2) is 18.2 Å². The summed E-state index contributed by atoms with van der Waals surface area (Å²) in [6.45, 7) is 7.48. The van der Waals surface area contributed by atoms with Gasteiger partial charge in [-0.15, -0.1) is 0 Å². The minimum Gasteiger partial charge on any atom is -0.496 e. The van der Waals surface area contributed by atoms with Gasteiger partial charge in [-0.05, 0) is 44.4 Å². The zero-order valence-electron chi connectivity index (χ0n) is 13.4. The minimum atomic E-state index is 0.246. The lowest BCUT2D eigenvalue weighted by Gasteiger charge is -2.36. The van der Waals surface area contributed by atoms with Gasteiger partial charge in [0, 0.05) is 37.0 Å². The predicted molar refractivity (Wildman–Crippen MR) is 87.1 cm³/mol. The number of piperidine rings is 1. The zero-order valence-corrected chi connectivity index (χ0v) is 13.4. The van der Waals surface area contributed by atoms with Gasteiger partial charge in [0.05, 0.1) is 7.11 Å². The Balaban J connectivity index is 2.33. The van der Waals surface area contributed by atoms with Crippen LogP contribution in [0, 0.1) is 5.92 Å². The molecular formula is C17H28N2O2. The van der Waals surface area contributed by atoms with Gasteiger partial charge >= 0.3 is 0 Å². The van der Waals surface area contributed by atoms with Crippen molar-refractivity contribution in [3.05, 3.63) is 23.8 Å². The second-order valence-electron chi connectivity index (χ2n) is 5.81. The van der Waals surface area contributed by atoms with Gasteiger partial charge in [-0.2, -0.15) is 0 Å². The molecule has 1 aliphatic heterocycles. The number of aliphatic hydroxyl groups excluding tert-OH is 1. The highest BCUT2D eigenvalue weighted by atomic mass is 16.5. The molecule has 1 heterocycles. The molecule has 0 aromatic heterocycles. The van der Waals surface area contributed by atoms with Crippen molar-refractivity contribution in [2.24, 2.45) is 5.92 Å². The number of aliphatic hydroxyl groups is 1. The Morgan fingerprint density at radius 2 is 2.29 bits per heavy atom. The average molecular weight is 292 g/mol. The Hall–Kier alpha value is -1.26. The van der Waals surface area contributed by atoms with E-state index in [1.54, 1.807) is 7.11 Å². The fraction of sp³-hybridized carbons (Fsp3) is 0.647. The van der Waals surface area contributed by atoms with Gasteiger partial charge in [0.25, 0.3) is 0 Å². The molecule has 2 unspecified atom stereocenters. The fourth-order valence-corrected chi connectivity index (χ4v) is 3.26. The monoisotopic (exact) mass is 292 g/mol. The Bertz CT molecular complexity index is 450. The van der Waals surface area contributed by atoms with Crippen molar-refractivity contribution in [1.29, 1.82) is 0 Å². The highest BCUT2D eigenvalue weighted by molar-refractivity contribution is 5.61. The summed E-state index contributed by atoms with van der Waals surface area (Å²) < 4.78 is 5.58. The molecule has 1 saturated heterocycles. The summed E-state index contributed by atoms with van der Waals surface area (Å²) in [5, 5.41) is 12.9. The molecule has 2 rings (SSSR count). The molecule has 0 radical (unpaired) electrons. The third-order valence-electron chi connectivity index (χ3n) is 4.32. The van der Waals surface area contributed by atoms with Crippen LogP contribution in [0.5, 0.6) is 5.75 Å². The molecule has 1 aromatic rings. The van der Waals surface area contributed by atoms with Gasteiger partial charge in [-0.3, -0.25) is 0 Å². The quantitative estimate of drug-likeness (QED) is 0.846. The van der Waals surface area contributed by atoms with Crippen LogP contribution in [0.1, 0.15) is 38.3 Å². The third kappa shape index (κ3) is 3.69. The first-order valence-corrected chi connectivity index (χ1v) is 7.97.